The Morgan fingerprint density at radius 1 is 1.47 bits per heavy atom. The van der Waals surface area contributed by atoms with E-state index in [1.807, 2.05) is 0 Å². The third-order valence-corrected chi connectivity index (χ3v) is 4.88. The Balaban J connectivity index is 2.44. The molecule has 0 fully saturated rings. The van der Waals surface area contributed by atoms with Crippen molar-refractivity contribution in [2.45, 2.75) is 11.1 Å². The number of hydrogen-bond acceptors (Lipinski definition) is 5. The van der Waals surface area contributed by atoms with Crippen molar-refractivity contribution in [3.05, 3.63) is 24.2 Å². The Hall–Kier alpha value is -0.850. The van der Waals surface area contributed by atoms with Gasteiger partial charge in [0.1, 0.15) is 4.21 Å². The van der Waals surface area contributed by atoms with Crippen molar-refractivity contribution >= 4 is 31.1 Å². The third-order valence-electron chi connectivity index (χ3n) is 1.69. The summed E-state index contributed by atoms with van der Waals surface area (Å²) >= 11 is 1.05. The Bertz CT molecular complexity index is 585. The van der Waals surface area contributed by atoms with Crippen LogP contribution in [0.2, 0.25) is 0 Å². The lowest BCUT2D eigenvalue weighted by molar-refractivity contribution is 0.535. The summed E-state index contributed by atoms with van der Waals surface area (Å²) in [5.41, 5.74) is 0. The van der Waals surface area contributed by atoms with Crippen LogP contribution < -0.4 is 0 Å². The molecule has 2 heterocycles. The molecule has 0 bridgehead atoms. The second kappa shape index (κ2) is 3.62. The lowest BCUT2D eigenvalue weighted by atomic mass is 10.4. The maximum Gasteiger partial charge on any atom is 0.270 e. The average molecular weight is 264 g/mol. The molecule has 0 atom stereocenters. The van der Waals surface area contributed by atoms with Crippen LogP contribution in [-0.4, -0.2) is 13.4 Å². The third kappa shape index (κ3) is 2.22. The number of thiophene rings is 1. The number of hydrogen-bond donors (Lipinski definition) is 0. The number of halogens is 1. The Labute approximate surface area is 94.9 Å². The van der Waals surface area contributed by atoms with Crippen LogP contribution in [0.5, 0.6) is 0 Å². The van der Waals surface area contributed by atoms with E-state index in [-0.39, 0.29) is 4.21 Å². The molecule has 7 heteroatoms. The number of nitrogens with zero attached hydrogens (tertiary/aromatic N) is 1. The molecule has 2 rings (SSSR count). The fourth-order valence-electron chi connectivity index (χ4n) is 1.06. The maximum atomic E-state index is 11.0. The molecule has 0 unspecified atom stereocenters. The Morgan fingerprint density at radius 2 is 2.20 bits per heavy atom. The molecule has 2 aromatic rings. The smallest absolute Gasteiger partial charge is 0.270 e. The van der Waals surface area contributed by atoms with Gasteiger partial charge in [-0.3, -0.25) is 0 Å². The van der Waals surface area contributed by atoms with Crippen molar-refractivity contribution in [1.29, 1.82) is 0 Å². The normalized spacial score (nSPS) is 11.9. The van der Waals surface area contributed by atoms with Gasteiger partial charge in [-0.05, 0) is 12.1 Å². The molecule has 15 heavy (non-hydrogen) atoms. The zero-order valence-corrected chi connectivity index (χ0v) is 9.99. The standard InChI is InChI=1S/C8H6ClNO3S2/c1-5-10-4-6(13-5)7-2-3-8(14-7)15(9,11)12/h2-4H,1H3. The lowest BCUT2D eigenvalue weighted by Crippen LogP contribution is -1.82. The first-order valence-corrected chi connectivity index (χ1v) is 7.07. The number of oxazole rings is 1. The highest BCUT2D eigenvalue weighted by Crippen LogP contribution is 2.32. The molecule has 0 amide bonds. The molecule has 0 saturated carbocycles. The Kier molecular flexibility index (Phi) is 2.57. The molecular weight excluding hydrogens is 258 g/mol. The fourth-order valence-corrected chi connectivity index (χ4v) is 3.08. The minimum atomic E-state index is -3.65. The molecule has 0 aliphatic heterocycles. The van der Waals surface area contributed by atoms with Crippen LogP contribution in [0, 0.1) is 6.92 Å². The van der Waals surface area contributed by atoms with E-state index in [1.54, 1.807) is 19.2 Å². The van der Waals surface area contributed by atoms with E-state index in [1.165, 1.54) is 6.07 Å². The minimum Gasteiger partial charge on any atom is -0.440 e. The van der Waals surface area contributed by atoms with Crippen LogP contribution in [0.4, 0.5) is 0 Å². The average Bonchev–Trinajstić information content (AvgIpc) is 2.69. The van der Waals surface area contributed by atoms with E-state index < -0.39 is 9.05 Å². The molecule has 0 N–H and O–H groups in total. The van der Waals surface area contributed by atoms with Gasteiger partial charge in [0.2, 0.25) is 0 Å². The van der Waals surface area contributed by atoms with Gasteiger partial charge < -0.3 is 4.42 Å². The predicted molar refractivity (Wildman–Crippen MR) is 57.6 cm³/mol. The molecule has 0 spiro atoms. The van der Waals surface area contributed by atoms with Gasteiger partial charge in [-0.2, -0.15) is 0 Å². The van der Waals surface area contributed by atoms with Crippen molar-refractivity contribution < 1.29 is 12.8 Å². The van der Waals surface area contributed by atoms with E-state index in [4.69, 9.17) is 15.1 Å². The summed E-state index contributed by atoms with van der Waals surface area (Å²) in [6, 6.07) is 3.08. The number of rotatable bonds is 2. The maximum absolute atomic E-state index is 11.0. The Morgan fingerprint density at radius 3 is 2.67 bits per heavy atom. The van der Waals surface area contributed by atoms with Crippen molar-refractivity contribution in [1.82, 2.24) is 4.98 Å². The summed E-state index contributed by atoms with van der Waals surface area (Å²) < 4.78 is 27.4. The zero-order chi connectivity index (χ0) is 11.1. The van der Waals surface area contributed by atoms with Gasteiger partial charge in [0.25, 0.3) is 9.05 Å². The lowest BCUT2D eigenvalue weighted by Gasteiger charge is -1.88. The van der Waals surface area contributed by atoms with Gasteiger partial charge >= 0.3 is 0 Å². The van der Waals surface area contributed by atoms with Crippen LogP contribution in [0.1, 0.15) is 5.89 Å². The largest absolute Gasteiger partial charge is 0.440 e. The first kappa shape index (κ1) is 10.7. The molecule has 2 aromatic heterocycles. The van der Waals surface area contributed by atoms with Crippen LogP contribution in [0.3, 0.4) is 0 Å². The second-order valence-electron chi connectivity index (χ2n) is 2.80. The first-order chi connectivity index (χ1) is 6.97. The summed E-state index contributed by atoms with van der Waals surface area (Å²) in [6.07, 6.45) is 1.55. The molecule has 0 aromatic carbocycles. The van der Waals surface area contributed by atoms with Gasteiger partial charge in [0.05, 0.1) is 11.1 Å². The van der Waals surface area contributed by atoms with Gasteiger partial charge in [-0.1, -0.05) is 0 Å². The molecular formula is C8H6ClNO3S2. The number of aromatic nitrogens is 1. The number of aryl methyl sites for hydroxylation is 1. The van der Waals surface area contributed by atoms with Gasteiger partial charge in [-0.15, -0.1) is 11.3 Å². The van der Waals surface area contributed by atoms with Gasteiger partial charge in [-0.25, -0.2) is 13.4 Å². The molecule has 4 nitrogen and oxygen atoms in total. The predicted octanol–water partition coefficient (Wildman–Crippen LogP) is 2.64. The molecule has 0 radical (unpaired) electrons. The van der Waals surface area contributed by atoms with E-state index in [0.29, 0.717) is 16.5 Å². The fraction of sp³-hybridized carbons (Fsp3) is 0.125. The van der Waals surface area contributed by atoms with Crippen molar-refractivity contribution in [2.75, 3.05) is 0 Å². The van der Waals surface area contributed by atoms with Crippen molar-refractivity contribution in [3.8, 4) is 10.6 Å². The summed E-state index contributed by atoms with van der Waals surface area (Å²) in [7, 11) is 1.55. The van der Waals surface area contributed by atoms with Crippen LogP contribution >= 0.6 is 22.0 Å². The van der Waals surface area contributed by atoms with E-state index in [9.17, 15) is 8.42 Å². The van der Waals surface area contributed by atoms with Gasteiger partial charge in [0, 0.05) is 17.6 Å². The second-order valence-corrected chi connectivity index (χ2v) is 6.68. The highest BCUT2D eigenvalue weighted by atomic mass is 35.7. The van der Waals surface area contributed by atoms with Gasteiger partial charge in [0.15, 0.2) is 11.7 Å². The first-order valence-electron chi connectivity index (χ1n) is 3.94. The van der Waals surface area contributed by atoms with Crippen LogP contribution in [0.25, 0.3) is 10.6 Å². The summed E-state index contributed by atoms with van der Waals surface area (Å²) in [5, 5.41) is 0. The summed E-state index contributed by atoms with van der Waals surface area (Å²) in [5.74, 6) is 1.08. The SMILES string of the molecule is Cc1ncc(-c2ccc(S(=O)(=O)Cl)s2)o1. The highest BCUT2D eigenvalue weighted by Gasteiger charge is 2.15. The van der Waals surface area contributed by atoms with Crippen LogP contribution in [0.15, 0.2) is 27.0 Å². The topological polar surface area (TPSA) is 60.2 Å². The summed E-state index contributed by atoms with van der Waals surface area (Å²) in [6.45, 7) is 1.72. The molecule has 0 saturated heterocycles. The highest BCUT2D eigenvalue weighted by molar-refractivity contribution is 8.15. The van der Waals surface area contributed by atoms with E-state index in [0.717, 1.165) is 11.3 Å². The molecule has 0 aliphatic rings. The van der Waals surface area contributed by atoms with E-state index >= 15 is 0 Å². The zero-order valence-electron chi connectivity index (χ0n) is 7.60. The molecule has 0 aliphatic carbocycles. The van der Waals surface area contributed by atoms with E-state index in [2.05, 4.69) is 4.98 Å². The summed E-state index contributed by atoms with van der Waals surface area (Å²) in [4.78, 5) is 4.61. The van der Waals surface area contributed by atoms with Crippen molar-refractivity contribution in [2.24, 2.45) is 0 Å². The minimum absolute atomic E-state index is 0.105. The van der Waals surface area contributed by atoms with Crippen LogP contribution in [-0.2, 0) is 9.05 Å². The quantitative estimate of drug-likeness (QED) is 0.782. The monoisotopic (exact) mass is 263 g/mol. The molecule has 80 valence electrons. The van der Waals surface area contributed by atoms with Crippen molar-refractivity contribution in [3.63, 3.8) is 0 Å².